The van der Waals surface area contributed by atoms with Crippen LogP contribution in [-0.4, -0.2) is 18.2 Å². The topological polar surface area (TPSA) is 52.6 Å². The average Bonchev–Trinajstić information content (AvgIpc) is 2.48. The van der Waals surface area contributed by atoms with E-state index in [2.05, 4.69) is 13.0 Å². The van der Waals surface area contributed by atoms with Crippen molar-refractivity contribution in [2.24, 2.45) is 5.92 Å². The van der Waals surface area contributed by atoms with Gasteiger partial charge >= 0.3 is 11.9 Å². The summed E-state index contributed by atoms with van der Waals surface area (Å²) in [4.78, 5) is 22.9. The van der Waals surface area contributed by atoms with Crippen LogP contribution in [0.2, 0.25) is 0 Å². The first-order chi connectivity index (χ1) is 11.0. The van der Waals surface area contributed by atoms with Gasteiger partial charge in [0.25, 0.3) is 0 Å². The third-order valence-electron chi connectivity index (χ3n) is 2.63. The number of hydrogen-bond acceptors (Lipinski definition) is 4. The van der Waals surface area contributed by atoms with Crippen molar-refractivity contribution < 1.29 is 19.1 Å². The highest BCUT2D eigenvalue weighted by atomic mass is 16.7. The van der Waals surface area contributed by atoms with E-state index in [0.29, 0.717) is 6.42 Å². The minimum Gasteiger partial charge on any atom is -0.425 e. The second-order valence-electron chi connectivity index (χ2n) is 5.22. The average molecular weight is 336 g/mol. The van der Waals surface area contributed by atoms with Gasteiger partial charge in [-0.25, -0.2) is 0 Å². The van der Waals surface area contributed by atoms with Crippen LogP contribution in [0, 0.1) is 5.92 Å². The van der Waals surface area contributed by atoms with Gasteiger partial charge in [0, 0.05) is 13.3 Å². The van der Waals surface area contributed by atoms with Gasteiger partial charge in [-0.1, -0.05) is 76.8 Å². The third-order valence-corrected chi connectivity index (χ3v) is 2.63. The van der Waals surface area contributed by atoms with E-state index in [1.807, 2.05) is 42.5 Å². The summed E-state index contributed by atoms with van der Waals surface area (Å²) in [5.41, 5.74) is 0. The predicted molar refractivity (Wildman–Crippen MR) is 99.3 cm³/mol. The van der Waals surface area contributed by atoms with Crippen LogP contribution in [0.25, 0.3) is 0 Å². The highest BCUT2D eigenvalue weighted by Crippen LogP contribution is 2.04. The molecule has 0 rings (SSSR count). The molecule has 0 spiro atoms. The Bertz CT molecular complexity index is 456. The first-order valence-corrected chi connectivity index (χ1v) is 8.02. The minimum atomic E-state index is -0.845. The molecular formula is C20H32O4. The van der Waals surface area contributed by atoms with Crippen molar-refractivity contribution in [1.82, 2.24) is 0 Å². The molecule has 0 saturated heterocycles. The number of carbonyl (C=O) groups excluding carboxylic acids is 2. The first kappa shape index (κ1) is 24.2. The van der Waals surface area contributed by atoms with Crippen LogP contribution in [0.1, 0.15) is 54.4 Å². The van der Waals surface area contributed by atoms with Crippen molar-refractivity contribution in [3.05, 3.63) is 48.6 Å². The minimum absolute atomic E-state index is 0. The normalized spacial score (nSPS) is 13.0. The third kappa shape index (κ3) is 14.8. The largest absolute Gasteiger partial charge is 0.425 e. The van der Waals surface area contributed by atoms with E-state index in [4.69, 9.17) is 9.47 Å². The summed E-state index contributed by atoms with van der Waals surface area (Å²) in [6, 6.07) is 0. The van der Waals surface area contributed by atoms with Gasteiger partial charge in [-0.2, -0.15) is 0 Å². The van der Waals surface area contributed by atoms with Crippen LogP contribution in [0.5, 0.6) is 0 Å². The molecule has 4 heteroatoms. The first-order valence-electron chi connectivity index (χ1n) is 8.02. The van der Waals surface area contributed by atoms with Gasteiger partial charge in [-0.15, -0.1) is 0 Å². The van der Waals surface area contributed by atoms with Crippen molar-refractivity contribution >= 4 is 11.9 Å². The smallest absolute Gasteiger partial charge is 0.311 e. The SMILES string of the molecule is C.CC/C=C/C=C/C=C/C=CCCC(=O)OC(C)OC(=O)C(C)C. The molecule has 0 aliphatic rings. The van der Waals surface area contributed by atoms with E-state index in [-0.39, 0.29) is 31.7 Å². The van der Waals surface area contributed by atoms with E-state index in [1.54, 1.807) is 13.8 Å². The summed E-state index contributed by atoms with van der Waals surface area (Å²) in [5.74, 6) is -0.998. The lowest BCUT2D eigenvalue weighted by molar-refractivity contribution is -0.186. The summed E-state index contributed by atoms with van der Waals surface area (Å²) in [5, 5.41) is 0. The molecule has 4 nitrogen and oxygen atoms in total. The van der Waals surface area contributed by atoms with Crippen molar-refractivity contribution in [3.8, 4) is 0 Å². The molecule has 0 radical (unpaired) electrons. The van der Waals surface area contributed by atoms with Gasteiger partial charge in [0.2, 0.25) is 6.29 Å². The lowest BCUT2D eigenvalue weighted by Crippen LogP contribution is -2.24. The van der Waals surface area contributed by atoms with Gasteiger partial charge < -0.3 is 9.47 Å². The van der Waals surface area contributed by atoms with Crippen LogP contribution in [-0.2, 0) is 19.1 Å². The summed E-state index contributed by atoms with van der Waals surface area (Å²) in [6.45, 7) is 7.08. The number of esters is 2. The molecule has 1 unspecified atom stereocenters. The molecule has 136 valence electrons. The van der Waals surface area contributed by atoms with Crippen molar-refractivity contribution in [2.75, 3.05) is 0 Å². The maximum absolute atomic E-state index is 11.6. The van der Waals surface area contributed by atoms with Crippen LogP contribution in [0.3, 0.4) is 0 Å². The molecule has 0 saturated carbocycles. The summed E-state index contributed by atoms with van der Waals surface area (Å²) >= 11 is 0. The second-order valence-corrected chi connectivity index (χ2v) is 5.22. The van der Waals surface area contributed by atoms with Crippen LogP contribution in [0.15, 0.2) is 48.6 Å². The standard InChI is InChI=1S/C19H28O4.CH4/c1-5-6-7-8-9-10-11-12-13-14-15-18(20)22-17(4)23-19(21)16(2)3;/h6-13,16-17H,5,14-15H2,1-4H3;1H4/b7-6+,9-8+,11-10+,13-12?;. The molecule has 0 heterocycles. The number of carbonyl (C=O) groups is 2. The number of hydrogen-bond donors (Lipinski definition) is 0. The predicted octanol–water partition coefficient (Wildman–Crippen LogP) is 5.13. The molecule has 0 aromatic rings. The molecule has 0 aromatic heterocycles. The maximum atomic E-state index is 11.6. The summed E-state index contributed by atoms with van der Waals surface area (Å²) < 4.78 is 9.96. The van der Waals surface area contributed by atoms with E-state index in [1.165, 1.54) is 6.92 Å². The Labute approximate surface area is 146 Å². The molecular weight excluding hydrogens is 304 g/mol. The Morgan fingerprint density at radius 2 is 1.42 bits per heavy atom. The summed E-state index contributed by atoms with van der Waals surface area (Å²) in [7, 11) is 0. The van der Waals surface area contributed by atoms with Gasteiger partial charge in [-0.3, -0.25) is 9.59 Å². The molecule has 0 aliphatic heterocycles. The lowest BCUT2D eigenvalue weighted by Gasteiger charge is -2.15. The van der Waals surface area contributed by atoms with Crippen molar-refractivity contribution in [3.63, 3.8) is 0 Å². The van der Waals surface area contributed by atoms with Crippen molar-refractivity contribution in [2.45, 2.75) is 60.7 Å². The summed E-state index contributed by atoms with van der Waals surface area (Å²) in [6.07, 6.45) is 16.6. The number of ether oxygens (including phenoxy) is 2. The van der Waals surface area contributed by atoms with Gasteiger partial charge in [0.15, 0.2) is 0 Å². The fourth-order valence-corrected chi connectivity index (χ4v) is 1.41. The molecule has 0 aromatic carbocycles. The Morgan fingerprint density at radius 1 is 0.875 bits per heavy atom. The monoisotopic (exact) mass is 336 g/mol. The van der Waals surface area contributed by atoms with Gasteiger partial charge in [0.1, 0.15) is 0 Å². The quantitative estimate of drug-likeness (QED) is 0.315. The van der Waals surface area contributed by atoms with Gasteiger partial charge in [0.05, 0.1) is 5.92 Å². The van der Waals surface area contributed by atoms with E-state index < -0.39 is 6.29 Å². The second kappa shape index (κ2) is 15.8. The van der Waals surface area contributed by atoms with Crippen LogP contribution >= 0.6 is 0 Å². The number of allylic oxidation sites excluding steroid dienone is 8. The Kier molecular flexibility index (Phi) is 15.9. The van der Waals surface area contributed by atoms with E-state index in [9.17, 15) is 9.59 Å². The molecule has 1 atom stereocenters. The van der Waals surface area contributed by atoms with E-state index >= 15 is 0 Å². The highest BCUT2D eigenvalue weighted by molar-refractivity contribution is 5.72. The van der Waals surface area contributed by atoms with Gasteiger partial charge in [-0.05, 0) is 12.8 Å². The zero-order valence-corrected chi connectivity index (χ0v) is 14.5. The Balaban J connectivity index is 0. The zero-order valence-electron chi connectivity index (χ0n) is 14.5. The lowest BCUT2D eigenvalue weighted by atomic mass is 10.2. The molecule has 0 N–H and O–H groups in total. The van der Waals surface area contributed by atoms with Crippen LogP contribution < -0.4 is 0 Å². The van der Waals surface area contributed by atoms with Crippen LogP contribution in [0.4, 0.5) is 0 Å². The molecule has 0 aliphatic carbocycles. The number of rotatable bonds is 10. The Hall–Kier alpha value is -2.10. The molecule has 0 amide bonds. The molecule has 0 fully saturated rings. The maximum Gasteiger partial charge on any atom is 0.311 e. The van der Waals surface area contributed by atoms with E-state index in [0.717, 1.165) is 6.42 Å². The zero-order chi connectivity index (χ0) is 17.5. The highest BCUT2D eigenvalue weighted by Gasteiger charge is 2.15. The fraction of sp³-hybridized carbons (Fsp3) is 0.500. The Morgan fingerprint density at radius 3 is 1.96 bits per heavy atom. The molecule has 0 bridgehead atoms. The van der Waals surface area contributed by atoms with Crippen molar-refractivity contribution in [1.29, 1.82) is 0 Å². The fourth-order valence-electron chi connectivity index (χ4n) is 1.41. The molecule has 24 heavy (non-hydrogen) atoms.